The lowest BCUT2D eigenvalue weighted by Gasteiger charge is -2.37. The lowest BCUT2D eigenvalue weighted by Crippen LogP contribution is -2.43. The van der Waals surface area contributed by atoms with Gasteiger partial charge in [-0.25, -0.2) is 0 Å². The predicted molar refractivity (Wildman–Crippen MR) is 57.0 cm³/mol. The molecule has 0 radical (unpaired) electrons. The summed E-state index contributed by atoms with van der Waals surface area (Å²) < 4.78 is 0. The number of aliphatic hydroxyl groups is 1. The summed E-state index contributed by atoms with van der Waals surface area (Å²) in [5, 5.41) is 10.3. The van der Waals surface area contributed by atoms with Crippen molar-refractivity contribution in [1.29, 1.82) is 0 Å². The van der Waals surface area contributed by atoms with Gasteiger partial charge in [0.2, 0.25) is 0 Å². The summed E-state index contributed by atoms with van der Waals surface area (Å²) in [4.78, 5) is 11.5. The Morgan fingerprint density at radius 1 is 1.43 bits per heavy atom. The summed E-state index contributed by atoms with van der Waals surface area (Å²) in [5.74, 6) is 0.326. The van der Waals surface area contributed by atoms with E-state index in [1.54, 1.807) is 0 Å². The molecule has 80 valence electrons. The number of carbonyl (C=O) groups excluding carboxylic acids is 1. The monoisotopic (exact) mass is 196 g/mol. The Hall–Kier alpha value is -0.630. The molecular weight excluding hydrogens is 176 g/mol. The van der Waals surface area contributed by atoms with Crippen LogP contribution in [0.25, 0.3) is 0 Å². The zero-order valence-electron chi connectivity index (χ0n) is 9.55. The Kier molecular flexibility index (Phi) is 3.15. The zero-order chi connectivity index (χ0) is 10.9. The van der Waals surface area contributed by atoms with Crippen molar-refractivity contribution in [2.75, 3.05) is 0 Å². The number of allylic oxidation sites excluding steroid dienone is 1. The van der Waals surface area contributed by atoms with Crippen LogP contribution in [0.4, 0.5) is 0 Å². The largest absolute Gasteiger partial charge is 0.378 e. The molecule has 2 nitrogen and oxygen atoms in total. The van der Waals surface area contributed by atoms with Gasteiger partial charge in [-0.2, -0.15) is 0 Å². The first-order valence-corrected chi connectivity index (χ1v) is 5.28. The molecule has 1 rings (SSSR count). The number of ketones is 1. The van der Waals surface area contributed by atoms with Crippen molar-refractivity contribution in [1.82, 2.24) is 0 Å². The molecule has 1 N–H and O–H groups in total. The van der Waals surface area contributed by atoms with Gasteiger partial charge in [-0.05, 0) is 51.5 Å². The molecule has 2 heteroatoms. The van der Waals surface area contributed by atoms with Crippen molar-refractivity contribution in [3.05, 3.63) is 11.1 Å². The van der Waals surface area contributed by atoms with Crippen molar-refractivity contribution in [2.24, 2.45) is 5.92 Å². The van der Waals surface area contributed by atoms with Crippen LogP contribution in [0, 0.1) is 5.92 Å². The first kappa shape index (κ1) is 11.4. The van der Waals surface area contributed by atoms with Crippen LogP contribution in [0.5, 0.6) is 0 Å². The van der Waals surface area contributed by atoms with Crippen LogP contribution < -0.4 is 0 Å². The molecule has 14 heavy (non-hydrogen) atoms. The number of rotatable bonds is 1. The molecular formula is C12H20O2. The lowest BCUT2D eigenvalue weighted by molar-refractivity contribution is -0.134. The molecule has 1 fully saturated rings. The van der Waals surface area contributed by atoms with E-state index in [-0.39, 0.29) is 5.78 Å². The Morgan fingerprint density at radius 2 is 2.00 bits per heavy atom. The van der Waals surface area contributed by atoms with Gasteiger partial charge >= 0.3 is 0 Å². The third-order valence-corrected chi connectivity index (χ3v) is 3.22. The molecule has 0 aliphatic heterocycles. The van der Waals surface area contributed by atoms with Crippen molar-refractivity contribution in [2.45, 2.75) is 52.6 Å². The van der Waals surface area contributed by atoms with E-state index in [0.717, 1.165) is 24.0 Å². The van der Waals surface area contributed by atoms with Crippen LogP contribution in [0.15, 0.2) is 11.1 Å². The van der Waals surface area contributed by atoms with Crippen LogP contribution in [-0.4, -0.2) is 16.5 Å². The smallest absolute Gasteiger partial charge is 0.165 e. The van der Waals surface area contributed by atoms with Crippen molar-refractivity contribution in [3.8, 4) is 0 Å². The van der Waals surface area contributed by atoms with Crippen LogP contribution in [-0.2, 0) is 4.79 Å². The molecule has 0 heterocycles. The van der Waals surface area contributed by atoms with Crippen LogP contribution >= 0.6 is 0 Å². The van der Waals surface area contributed by atoms with E-state index in [4.69, 9.17) is 0 Å². The van der Waals surface area contributed by atoms with E-state index in [2.05, 4.69) is 6.92 Å². The van der Waals surface area contributed by atoms with Gasteiger partial charge in [-0.15, -0.1) is 0 Å². The maximum atomic E-state index is 11.5. The van der Waals surface area contributed by atoms with Gasteiger partial charge in [-0.1, -0.05) is 12.5 Å². The highest BCUT2D eigenvalue weighted by Crippen LogP contribution is 2.38. The number of hydrogen-bond donors (Lipinski definition) is 1. The molecule has 0 spiro atoms. The molecule has 0 bridgehead atoms. The highest BCUT2D eigenvalue weighted by atomic mass is 16.3. The van der Waals surface area contributed by atoms with E-state index in [9.17, 15) is 9.90 Å². The summed E-state index contributed by atoms with van der Waals surface area (Å²) in [6, 6.07) is 0. The normalized spacial score (nSPS) is 32.9. The quantitative estimate of drug-likeness (QED) is 0.654. The number of carbonyl (C=O) groups is 1. The average Bonchev–Trinajstić information content (AvgIpc) is 2.02. The fourth-order valence-electron chi connectivity index (χ4n) is 2.35. The fourth-order valence-corrected chi connectivity index (χ4v) is 2.35. The third-order valence-electron chi connectivity index (χ3n) is 3.22. The van der Waals surface area contributed by atoms with E-state index >= 15 is 0 Å². The maximum absolute atomic E-state index is 11.5. The van der Waals surface area contributed by atoms with Gasteiger partial charge < -0.3 is 5.11 Å². The minimum atomic E-state index is -1.17. The number of hydrogen-bond acceptors (Lipinski definition) is 2. The molecule has 0 saturated heterocycles. The van der Waals surface area contributed by atoms with Gasteiger partial charge in [0.25, 0.3) is 0 Å². The summed E-state index contributed by atoms with van der Waals surface area (Å²) >= 11 is 0. The summed E-state index contributed by atoms with van der Waals surface area (Å²) in [6.07, 6.45) is 2.53. The molecule has 0 aromatic rings. The predicted octanol–water partition coefficient (Wildman–Crippen LogP) is 2.46. The van der Waals surface area contributed by atoms with Crippen molar-refractivity contribution < 1.29 is 9.90 Å². The van der Waals surface area contributed by atoms with Crippen molar-refractivity contribution >= 4 is 5.78 Å². The van der Waals surface area contributed by atoms with E-state index < -0.39 is 5.60 Å². The molecule has 1 aliphatic rings. The first-order chi connectivity index (χ1) is 6.38. The summed E-state index contributed by atoms with van der Waals surface area (Å²) in [5.41, 5.74) is 0.869. The van der Waals surface area contributed by atoms with E-state index in [0.29, 0.717) is 12.3 Å². The Labute approximate surface area is 86.0 Å². The second-order valence-corrected chi connectivity index (χ2v) is 4.74. The topological polar surface area (TPSA) is 37.3 Å². The van der Waals surface area contributed by atoms with Gasteiger partial charge in [0.15, 0.2) is 5.78 Å². The summed E-state index contributed by atoms with van der Waals surface area (Å²) in [7, 11) is 0. The minimum Gasteiger partial charge on any atom is -0.378 e. The molecule has 0 aromatic heterocycles. The Bertz CT molecular complexity index is 274. The first-order valence-electron chi connectivity index (χ1n) is 5.28. The average molecular weight is 196 g/mol. The highest BCUT2D eigenvalue weighted by Gasteiger charge is 2.41. The molecule has 2 atom stereocenters. The number of Topliss-reactive ketones (excluding diaryl/α,β-unsaturated/α-hetero) is 1. The zero-order valence-corrected chi connectivity index (χ0v) is 9.55. The lowest BCUT2D eigenvalue weighted by atomic mass is 9.72. The van der Waals surface area contributed by atoms with Gasteiger partial charge in [0.05, 0.1) is 0 Å². The maximum Gasteiger partial charge on any atom is 0.165 e. The Morgan fingerprint density at radius 3 is 2.43 bits per heavy atom. The fraction of sp³-hybridized carbons (Fsp3) is 0.750. The molecule has 1 saturated carbocycles. The standard InChI is InChI=1S/C12H20O2/c1-8(2)11-6-5-9(3)7-12(11,14)10(4)13/h9,14H,5-7H2,1-4H3/t9-,12-/m1/s1. The van der Waals surface area contributed by atoms with Crippen LogP contribution in [0.3, 0.4) is 0 Å². The van der Waals surface area contributed by atoms with Gasteiger partial charge in [-0.3, -0.25) is 4.79 Å². The third kappa shape index (κ3) is 1.90. The second kappa shape index (κ2) is 3.85. The highest BCUT2D eigenvalue weighted by molar-refractivity contribution is 5.88. The molecule has 0 unspecified atom stereocenters. The minimum absolute atomic E-state index is 0.111. The van der Waals surface area contributed by atoms with Crippen molar-refractivity contribution in [3.63, 3.8) is 0 Å². The molecule has 0 amide bonds. The Balaban J connectivity index is 3.08. The SMILES string of the molecule is CC(=O)[C@]1(O)C[C@H](C)CCC1=C(C)C. The molecule has 0 aromatic carbocycles. The van der Waals surface area contributed by atoms with Gasteiger partial charge in [0, 0.05) is 0 Å². The van der Waals surface area contributed by atoms with E-state index in [1.807, 2.05) is 13.8 Å². The van der Waals surface area contributed by atoms with Crippen LogP contribution in [0.1, 0.15) is 47.0 Å². The summed E-state index contributed by atoms with van der Waals surface area (Å²) in [6.45, 7) is 7.52. The second-order valence-electron chi connectivity index (χ2n) is 4.74. The van der Waals surface area contributed by atoms with Crippen LogP contribution in [0.2, 0.25) is 0 Å². The molecule has 1 aliphatic carbocycles. The van der Waals surface area contributed by atoms with Gasteiger partial charge in [0.1, 0.15) is 5.60 Å². The van der Waals surface area contributed by atoms with E-state index in [1.165, 1.54) is 6.92 Å².